The Morgan fingerprint density at radius 3 is 2.30 bits per heavy atom. The zero-order chi connectivity index (χ0) is 14.2. The molecular formula is C15H26N4S. The number of hydrogen-bond acceptors (Lipinski definition) is 5. The van der Waals surface area contributed by atoms with Crippen LogP contribution in [0.3, 0.4) is 0 Å². The van der Waals surface area contributed by atoms with E-state index in [1.807, 2.05) is 6.92 Å². The predicted molar refractivity (Wildman–Crippen MR) is 84.5 cm³/mol. The summed E-state index contributed by atoms with van der Waals surface area (Å²) < 4.78 is 4.31. The van der Waals surface area contributed by atoms with Crippen LogP contribution in [0, 0.1) is 12.3 Å². The molecular weight excluding hydrogens is 268 g/mol. The molecule has 1 aromatic heterocycles. The molecule has 3 rings (SSSR count). The van der Waals surface area contributed by atoms with Gasteiger partial charge in [-0.2, -0.15) is 4.37 Å². The highest BCUT2D eigenvalue weighted by Crippen LogP contribution is 2.45. The molecule has 1 saturated carbocycles. The third kappa shape index (κ3) is 2.84. The van der Waals surface area contributed by atoms with Crippen molar-refractivity contribution < 1.29 is 0 Å². The highest BCUT2D eigenvalue weighted by atomic mass is 32.1. The highest BCUT2D eigenvalue weighted by molar-refractivity contribution is 7.09. The van der Waals surface area contributed by atoms with Crippen molar-refractivity contribution in [2.75, 3.05) is 32.1 Å². The normalized spacial score (nSPS) is 23.7. The van der Waals surface area contributed by atoms with Gasteiger partial charge in [0, 0.05) is 30.7 Å². The molecule has 1 aliphatic heterocycles. The topological polar surface area (TPSA) is 32.3 Å². The smallest absolute Gasteiger partial charge is 0.205 e. The van der Waals surface area contributed by atoms with Gasteiger partial charge < -0.3 is 9.80 Å². The second kappa shape index (κ2) is 5.60. The number of piperidine rings is 1. The quantitative estimate of drug-likeness (QED) is 0.839. The van der Waals surface area contributed by atoms with Gasteiger partial charge in [0.05, 0.1) is 0 Å². The van der Waals surface area contributed by atoms with E-state index in [2.05, 4.69) is 33.3 Å². The summed E-state index contributed by atoms with van der Waals surface area (Å²) >= 11 is 1.55. The Morgan fingerprint density at radius 2 is 1.80 bits per heavy atom. The Balaban J connectivity index is 1.56. The third-order valence-electron chi connectivity index (χ3n) is 5.36. The van der Waals surface area contributed by atoms with Crippen LogP contribution < -0.4 is 4.90 Å². The highest BCUT2D eigenvalue weighted by Gasteiger charge is 2.38. The van der Waals surface area contributed by atoms with Crippen LogP contribution in [0.15, 0.2) is 0 Å². The zero-order valence-corrected chi connectivity index (χ0v) is 13.7. The molecule has 0 unspecified atom stereocenters. The lowest BCUT2D eigenvalue weighted by Gasteiger charge is -2.46. The molecule has 2 heterocycles. The summed E-state index contributed by atoms with van der Waals surface area (Å²) in [6.07, 6.45) is 8.27. The number of aryl methyl sites for hydroxylation is 1. The maximum atomic E-state index is 4.53. The van der Waals surface area contributed by atoms with Crippen molar-refractivity contribution in [1.82, 2.24) is 14.3 Å². The van der Waals surface area contributed by atoms with E-state index >= 15 is 0 Å². The van der Waals surface area contributed by atoms with Crippen LogP contribution >= 0.6 is 11.5 Å². The van der Waals surface area contributed by atoms with Crippen molar-refractivity contribution in [2.24, 2.45) is 5.41 Å². The monoisotopic (exact) mass is 294 g/mol. The summed E-state index contributed by atoms with van der Waals surface area (Å²) in [6, 6.07) is 0.810. The van der Waals surface area contributed by atoms with Gasteiger partial charge in [0.1, 0.15) is 5.82 Å². The summed E-state index contributed by atoms with van der Waals surface area (Å²) in [4.78, 5) is 9.38. The molecule has 1 aliphatic carbocycles. The summed E-state index contributed by atoms with van der Waals surface area (Å²) in [5.41, 5.74) is 0.628. The minimum absolute atomic E-state index is 0.628. The number of nitrogens with zero attached hydrogens (tertiary/aromatic N) is 4. The van der Waals surface area contributed by atoms with Gasteiger partial charge in [-0.05, 0) is 65.0 Å². The Morgan fingerprint density at radius 1 is 1.15 bits per heavy atom. The second-order valence-corrected chi connectivity index (χ2v) is 7.54. The van der Waals surface area contributed by atoms with Gasteiger partial charge in [-0.15, -0.1) is 0 Å². The first-order chi connectivity index (χ1) is 9.58. The first-order valence-electron chi connectivity index (χ1n) is 7.80. The van der Waals surface area contributed by atoms with Gasteiger partial charge in [-0.1, -0.05) is 0 Å². The first kappa shape index (κ1) is 14.3. The maximum Gasteiger partial charge on any atom is 0.205 e. The molecule has 0 bridgehead atoms. The first-order valence-corrected chi connectivity index (χ1v) is 8.57. The molecule has 1 saturated heterocycles. The number of hydrogen-bond donors (Lipinski definition) is 0. The van der Waals surface area contributed by atoms with Crippen LogP contribution in [-0.2, 0) is 0 Å². The van der Waals surface area contributed by atoms with Gasteiger partial charge in [-0.3, -0.25) is 0 Å². The van der Waals surface area contributed by atoms with Crippen LogP contribution in [0.25, 0.3) is 0 Å². The average Bonchev–Trinajstić information content (AvgIpc) is 2.87. The molecule has 1 spiro atoms. The lowest BCUT2D eigenvalue weighted by molar-refractivity contribution is 0.0923. The lowest BCUT2D eigenvalue weighted by Crippen LogP contribution is -2.44. The van der Waals surface area contributed by atoms with E-state index < -0.39 is 0 Å². The fourth-order valence-corrected chi connectivity index (χ4v) is 4.54. The van der Waals surface area contributed by atoms with Crippen molar-refractivity contribution >= 4 is 16.7 Å². The van der Waals surface area contributed by atoms with Gasteiger partial charge in [-0.25, -0.2) is 4.98 Å². The van der Waals surface area contributed by atoms with E-state index in [-0.39, 0.29) is 0 Å². The van der Waals surface area contributed by atoms with E-state index in [9.17, 15) is 0 Å². The number of aromatic nitrogens is 2. The minimum atomic E-state index is 0.628. The molecule has 0 aromatic carbocycles. The number of anilines is 1. The zero-order valence-electron chi connectivity index (χ0n) is 12.9. The van der Waals surface area contributed by atoms with Crippen molar-refractivity contribution in [3.8, 4) is 0 Å². The van der Waals surface area contributed by atoms with Crippen molar-refractivity contribution in [3.63, 3.8) is 0 Å². The molecule has 2 aliphatic rings. The number of rotatable bonds is 2. The molecule has 0 amide bonds. The van der Waals surface area contributed by atoms with Crippen LogP contribution in [0.5, 0.6) is 0 Å². The van der Waals surface area contributed by atoms with Crippen molar-refractivity contribution in [1.29, 1.82) is 0 Å². The molecule has 2 fully saturated rings. The van der Waals surface area contributed by atoms with E-state index in [1.54, 1.807) is 11.5 Å². The standard InChI is InChI=1S/C15H26N4S/c1-12-16-14(20-17-12)19-10-8-15(9-11-19)6-4-13(5-7-15)18(2)3/h13H,4-11H2,1-3H3. The third-order valence-corrected chi connectivity index (χ3v) is 6.23. The van der Waals surface area contributed by atoms with E-state index in [1.165, 1.54) is 51.6 Å². The molecule has 20 heavy (non-hydrogen) atoms. The van der Waals surface area contributed by atoms with Gasteiger partial charge in [0.25, 0.3) is 0 Å². The molecule has 4 nitrogen and oxygen atoms in total. The Labute approximate surface area is 126 Å². The Bertz CT molecular complexity index is 438. The predicted octanol–water partition coefficient (Wildman–Crippen LogP) is 2.94. The summed E-state index contributed by atoms with van der Waals surface area (Å²) in [5.74, 6) is 0.914. The molecule has 0 radical (unpaired) electrons. The van der Waals surface area contributed by atoms with E-state index in [0.717, 1.165) is 17.0 Å². The van der Waals surface area contributed by atoms with E-state index in [0.29, 0.717) is 5.41 Å². The Hall–Kier alpha value is -0.680. The van der Waals surface area contributed by atoms with Crippen LogP contribution in [-0.4, -0.2) is 47.5 Å². The lowest BCUT2D eigenvalue weighted by atomic mass is 9.67. The fourth-order valence-electron chi connectivity index (χ4n) is 3.82. The summed E-state index contributed by atoms with van der Waals surface area (Å²) in [6.45, 7) is 4.32. The molecule has 0 N–H and O–H groups in total. The van der Waals surface area contributed by atoms with Crippen LogP contribution in [0.1, 0.15) is 44.3 Å². The van der Waals surface area contributed by atoms with Gasteiger partial charge >= 0.3 is 0 Å². The minimum Gasteiger partial charge on any atom is -0.347 e. The largest absolute Gasteiger partial charge is 0.347 e. The maximum absolute atomic E-state index is 4.53. The van der Waals surface area contributed by atoms with Crippen LogP contribution in [0.2, 0.25) is 0 Å². The van der Waals surface area contributed by atoms with Gasteiger partial charge in [0.2, 0.25) is 5.13 Å². The van der Waals surface area contributed by atoms with Crippen molar-refractivity contribution in [3.05, 3.63) is 5.82 Å². The van der Waals surface area contributed by atoms with E-state index in [4.69, 9.17) is 0 Å². The van der Waals surface area contributed by atoms with Gasteiger partial charge in [0.15, 0.2) is 0 Å². The summed E-state index contributed by atoms with van der Waals surface area (Å²) in [5, 5.41) is 1.12. The molecule has 5 heteroatoms. The summed E-state index contributed by atoms with van der Waals surface area (Å²) in [7, 11) is 4.45. The van der Waals surface area contributed by atoms with Crippen LogP contribution in [0.4, 0.5) is 5.13 Å². The average molecular weight is 294 g/mol. The molecule has 0 atom stereocenters. The second-order valence-electron chi connectivity index (χ2n) is 6.81. The molecule has 1 aromatic rings. The van der Waals surface area contributed by atoms with Crippen molar-refractivity contribution in [2.45, 2.75) is 51.5 Å². The molecule has 112 valence electrons. The fraction of sp³-hybridized carbons (Fsp3) is 0.867. The Kier molecular flexibility index (Phi) is 4.00. The SMILES string of the molecule is Cc1nsc(N2CCC3(CCC(N(C)C)CC3)CC2)n1.